The highest BCUT2D eigenvalue weighted by Crippen LogP contribution is 2.23. The van der Waals surface area contributed by atoms with Crippen LogP contribution in [0.3, 0.4) is 0 Å². The second-order valence-electron chi connectivity index (χ2n) is 6.47. The number of likely N-dealkylation sites (tertiary alicyclic amines) is 1. The van der Waals surface area contributed by atoms with Crippen molar-refractivity contribution < 1.29 is 14.0 Å². The fraction of sp³-hybridized carbons (Fsp3) is 0.333. The predicted octanol–water partition coefficient (Wildman–Crippen LogP) is 3.51. The number of thioether (sulfide) groups is 1. The van der Waals surface area contributed by atoms with Crippen molar-refractivity contribution in [1.29, 1.82) is 0 Å². The molecule has 0 atom stereocenters. The van der Waals surface area contributed by atoms with E-state index < -0.39 is 0 Å². The quantitative estimate of drug-likeness (QED) is 0.741. The molecule has 2 aromatic carbocycles. The van der Waals surface area contributed by atoms with Gasteiger partial charge in [0.2, 0.25) is 5.91 Å². The molecule has 1 N–H and O–H groups in total. The monoisotopic (exact) mass is 386 g/mol. The number of rotatable bonds is 7. The van der Waals surface area contributed by atoms with E-state index in [1.54, 1.807) is 30.3 Å². The van der Waals surface area contributed by atoms with Gasteiger partial charge in [-0.25, -0.2) is 4.39 Å². The first kappa shape index (κ1) is 19.4. The van der Waals surface area contributed by atoms with Crippen LogP contribution in [0.15, 0.2) is 53.4 Å². The van der Waals surface area contributed by atoms with E-state index in [4.69, 9.17) is 0 Å². The lowest BCUT2D eigenvalue weighted by Gasteiger charge is -2.15. The van der Waals surface area contributed by atoms with E-state index in [1.807, 2.05) is 17.0 Å². The van der Waals surface area contributed by atoms with Crippen LogP contribution in [0.5, 0.6) is 0 Å². The van der Waals surface area contributed by atoms with Crippen LogP contribution in [-0.4, -0.2) is 42.1 Å². The molecule has 0 radical (unpaired) electrons. The molecule has 0 unspecified atom stereocenters. The van der Waals surface area contributed by atoms with Gasteiger partial charge in [0, 0.05) is 24.5 Å². The van der Waals surface area contributed by atoms with Gasteiger partial charge in [0.25, 0.3) is 5.91 Å². The van der Waals surface area contributed by atoms with Gasteiger partial charge in [-0.15, -0.1) is 11.8 Å². The molecule has 0 saturated carbocycles. The Morgan fingerprint density at radius 3 is 2.52 bits per heavy atom. The summed E-state index contributed by atoms with van der Waals surface area (Å²) in [6.07, 6.45) is 2.57. The normalized spacial score (nSPS) is 13.6. The molecular weight excluding hydrogens is 363 g/mol. The maximum Gasteiger partial charge on any atom is 0.252 e. The van der Waals surface area contributed by atoms with Crippen molar-refractivity contribution in [2.75, 3.05) is 25.4 Å². The number of hydrogen-bond acceptors (Lipinski definition) is 3. The van der Waals surface area contributed by atoms with E-state index in [0.29, 0.717) is 29.8 Å². The Kier molecular flexibility index (Phi) is 6.87. The smallest absolute Gasteiger partial charge is 0.252 e. The van der Waals surface area contributed by atoms with Gasteiger partial charge in [-0.2, -0.15) is 0 Å². The fourth-order valence-electron chi connectivity index (χ4n) is 3.08. The average Bonchev–Trinajstić information content (AvgIpc) is 3.22. The Bertz CT molecular complexity index is 806. The lowest BCUT2D eigenvalue weighted by molar-refractivity contribution is -0.127. The SMILES string of the molecule is O=C(NCCc1ccccc1F)c1ccccc1SCC(=O)N1CCCC1. The minimum absolute atomic E-state index is 0.118. The Balaban J connectivity index is 1.55. The highest BCUT2D eigenvalue weighted by Gasteiger charge is 2.19. The standard InChI is InChI=1S/C21H23FN2O2S/c22-18-9-3-1-7-16(18)11-12-23-21(26)17-8-2-4-10-19(17)27-15-20(25)24-13-5-6-14-24/h1-4,7-10H,5-6,11-15H2,(H,23,26). The molecule has 1 fully saturated rings. The van der Waals surface area contributed by atoms with Crippen LogP contribution in [-0.2, 0) is 11.2 Å². The summed E-state index contributed by atoms with van der Waals surface area (Å²) in [7, 11) is 0. The maximum absolute atomic E-state index is 13.7. The van der Waals surface area contributed by atoms with E-state index in [9.17, 15) is 14.0 Å². The van der Waals surface area contributed by atoms with Gasteiger partial charge in [-0.3, -0.25) is 9.59 Å². The molecule has 2 aromatic rings. The molecule has 142 valence electrons. The molecule has 4 nitrogen and oxygen atoms in total. The summed E-state index contributed by atoms with van der Waals surface area (Å²) in [5.74, 6) is -0.0158. The molecule has 0 spiro atoms. The third-order valence-corrected chi connectivity index (χ3v) is 5.64. The Labute approximate surface area is 163 Å². The topological polar surface area (TPSA) is 49.4 Å². The third kappa shape index (κ3) is 5.32. The van der Waals surface area contributed by atoms with Crippen molar-refractivity contribution in [2.24, 2.45) is 0 Å². The van der Waals surface area contributed by atoms with Crippen LogP contribution < -0.4 is 5.32 Å². The van der Waals surface area contributed by atoms with E-state index in [-0.39, 0.29) is 17.6 Å². The number of amides is 2. The number of carbonyl (C=O) groups is 2. The Morgan fingerprint density at radius 1 is 1.04 bits per heavy atom. The predicted molar refractivity (Wildman–Crippen MR) is 105 cm³/mol. The maximum atomic E-state index is 13.7. The largest absolute Gasteiger partial charge is 0.352 e. The molecule has 0 aliphatic carbocycles. The van der Waals surface area contributed by atoms with Gasteiger partial charge in [0.15, 0.2) is 0 Å². The van der Waals surface area contributed by atoms with Crippen molar-refractivity contribution >= 4 is 23.6 Å². The first-order chi connectivity index (χ1) is 13.1. The van der Waals surface area contributed by atoms with E-state index >= 15 is 0 Å². The summed E-state index contributed by atoms with van der Waals surface area (Å²) in [4.78, 5) is 27.4. The molecule has 0 aromatic heterocycles. The minimum atomic E-state index is -0.261. The van der Waals surface area contributed by atoms with Crippen molar-refractivity contribution in [3.05, 3.63) is 65.5 Å². The molecule has 6 heteroatoms. The van der Waals surface area contributed by atoms with Crippen molar-refractivity contribution in [1.82, 2.24) is 10.2 Å². The van der Waals surface area contributed by atoms with Crippen molar-refractivity contribution in [3.63, 3.8) is 0 Å². The van der Waals surface area contributed by atoms with Crippen molar-refractivity contribution in [3.8, 4) is 0 Å². The van der Waals surface area contributed by atoms with Crippen LogP contribution in [0.25, 0.3) is 0 Å². The third-order valence-electron chi connectivity index (χ3n) is 4.58. The zero-order valence-electron chi connectivity index (χ0n) is 15.1. The molecule has 0 bridgehead atoms. The zero-order chi connectivity index (χ0) is 19.1. The molecule has 1 heterocycles. The number of hydrogen-bond donors (Lipinski definition) is 1. The molecule has 1 aliphatic rings. The van der Waals surface area contributed by atoms with Gasteiger partial charge >= 0.3 is 0 Å². The molecule has 1 saturated heterocycles. The minimum Gasteiger partial charge on any atom is -0.352 e. The van der Waals surface area contributed by atoms with E-state index in [2.05, 4.69) is 5.32 Å². The first-order valence-corrected chi connectivity index (χ1v) is 10.1. The summed E-state index contributed by atoms with van der Waals surface area (Å²) in [5, 5.41) is 2.84. The van der Waals surface area contributed by atoms with Gasteiger partial charge in [-0.1, -0.05) is 30.3 Å². The molecule has 27 heavy (non-hydrogen) atoms. The molecule has 3 rings (SSSR count). The van der Waals surface area contributed by atoms with E-state index in [0.717, 1.165) is 30.8 Å². The number of benzene rings is 2. The lowest BCUT2D eigenvalue weighted by Crippen LogP contribution is -2.29. The number of nitrogens with one attached hydrogen (secondary N) is 1. The second kappa shape index (κ2) is 9.55. The zero-order valence-corrected chi connectivity index (χ0v) is 15.9. The Hall–Kier alpha value is -2.34. The lowest BCUT2D eigenvalue weighted by atomic mass is 10.1. The number of halogens is 1. The molecular formula is C21H23FN2O2S. The summed E-state index contributed by atoms with van der Waals surface area (Å²) in [6.45, 7) is 2.01. The first-order valence-electron chi connectivity index (χ1n) is 9.16. The highest BCUT2D eigenvalue weighted by atomic mass is 32.2. The molecule has 1 aliphatic heterocycles. The second-order valence-corrected chi connectivity index (χ2v) is 7.49. The summed E-state index contributed by atoms with van der Waals surface area (Å²) in [6, 6.07) is 13.8. The van der Waals surface area contributed by atoms with Crippen LogP contribution >= 0.6 is 11.8 Å². The van der Waals surface area contributed by atoms with Gasteiger partial charge in [0.05, 0.1) is 11.3 Å². The van der Waals surface area contributed by atoms with Crippen molar-refractivity contribution in [2.45, 2.75) is 24.2 Å². The van der Waals surface area contributed by atoms with Crippen LogP contribution in [0, 0.1) is 5.82 Å². The Morgan fingerprint density at radius 2 is 1.74 bits per heavy atom. The number of carbonyl (C=O) groups excluding carboxylic acids is 2. The van der Waals surface area contributed by atoms with Crippen LogP contribution in [0.1, 0.15) is 28.8 Å². The molecule has 2 amide bonds. The summed E-state index contributed by atoms with van der Waals surface area (Å²) in [5.41, 5.74) is 1.13. The number of nitrogens with zero attached hydrogens (tertiary/aromatic N) is 1. The summed E-state index contributed by atoms with van der Waals surface area (Å²) < 4.78 is 13.7. The fourth-order valence-corrected chi connectivity index (χ4v) is 4.04. The average molecular weight is 386 g/mol. The van der Waals surface area contributed by atoms with Crippen LogP contribution in [0.4, 0.5) is 4.39 Å². The van der Waals surface area contributed by atoms with Gasteiger partial charge in [0.1, 0.15) is 5.82 Å². The highest BCUT2D eigenvalue weighted by molar-refractivity contribution is 8.00. The van der Waals surface area contributed by atoms with Crippen LogP contribution in [0.2, 0.25) is 0 Å². The van der Waals surface area contributed by atoms with E-state index in [1.165, 1.54) is 17.8 Å². The van der Waals surface area contributed by atoms with Gasteiger partial charge in [-0.05, 0) is 43.0 Å². The van der Waals surface area contributed by atoms with Gasteiger partial charge < -0.3 is 10.2 Å². The summed E-state index contributed by atoms with van der Waals surface area (Å²) >= 11 is 1.39.